The summed E-state index contributed by atoms with van der Waals surface area (Å²) in [6.45, 7) is 4.22. The van der Waals surface area contributed by atoms with Crippen LogP contribution in [0.5, 0.6) is 5.75 Å². The lowest BCUT2D eigenvalue weighted by Crippen LogP contribution is -2.31. The Labute approximate surface area is 139 Å². The highest BCUT2D eigenvalue weighted by Crippen LogP contribution is 2.27. The average molecular weight is 328 g/mol. The molecule has 2 aromatic heterocycles. The quantitative estimate of drug-likeness (QED) is 0.731. The molecule has 1 atom stereocenters. The fourth-order valence-electron chi connectivity index (χ4n) is 2.61. The van der Waals surface area contributed by atoms with Crippen molar-refractivity contribution in [2.75, 3.05) is 7.11 Å². The molecule has 0 saturated carbocycles. The second-order valence-electron chi connectivity index (χ2n) is 5.85. The predicted octanol–water partition coefficient (Wildman–Crippen LogP) is 4.37. The maximum atomic E-state index is 12.6. The molecule has 4 nitrogen and oxygen atoms in total. The van der Waals surface area contributed by atoms with Crippen molar-refractivity contribution in [2.45, 2.75) is 19.9 Å². The van der Waals surface area contributed by atoms with Crippen LogP contribution in [0.1, 0.15) is 35.3 Å². The van der Waals surface area contributed by atoms with Gasteiger partial charge in [0.15, 0.2) is 0 Å². The number of methoxy groups -OCH3 is 1. The summed E-state index contributed by atoms with van der Waals surface area (Å²) in [6, 6.07) is 11.7. The van der Waals surface area contributed by atoms with Crippen LogP contribution in [0.3, 0.4) is 0 Å². The van der Waals surface area contributed by atoms with Gasteiger partial charge in [-0.05, 0) is 35.6 Å². The lowest BCUT2D eigenvalue weighted by molar-refractivity contribution is 0.0922. The number of nitrogens with one attached hydrogen (secondary N) is 2. The van der Waals surface area contributed by atoms with Crippen molar-refractivity contribution in [2.24, 2.45) is 5.92 Å². The first-order valence-corrected chi connectivity index (χ1v) is 8.47. The Morgan fingerprint density at radius 1 is 1.26 bits per heavy atom. The molecular formula is C18H20N2O2S. The van der Waals surface area contributed by atoms with Gasteiger partial charge in [-0.1, -0.05) is 19.9 Å². The molecule has 0 aliphatic carbocycles. The summed E-state index contributed by atoms with van der Waals surface area (Å²) < 4.78 is 5.22. The molecule has 0 fully saturated rings. The SMILES string of the molecule is COc1ccc2cc(C(=O)NC(c3cccs3)C(C)C)[nH]c2c1. The Morgan fingerprint density at radius 3 is 2.74 bits per heavy atom. The number of hydrogen-bond acceptors (Lipinski definition) is 3. The number of aromatic amines is 1. The van der Waals surface area contributed by atoms with Crippen LogP contribution < -0.4 is 10.1 Å². The van der Waals surface area contributed by atoms with Gasteiger partial charge in [-0.25, -0.2) is 0 Å². The fourth-order valence-corrected chi connectivity index (χ4v) is 3.56. The highest BCUT2D eigenvalue weighted by Gasteiger charge is 2.21. The number of ether oxygens (including phenoxy) is 1. The van der Waals surface area contributed by atoms with Gasteiger partial charge in [0.25, 0.3) is 5.91 Å². The van der Waals surface area contributed by atoms with E-state index in [-0.39, 0.29) is 11.9 Å². The Morgan fingerprint density at radius 2 is 2.09 bits per heavy atom. The number of carbonyl (C=O) groups excluding carboxylic acids is 1. The Balaban J connectivity index is 1.84. The highest BCUT2D eigenvalue weighted by atomic mass is 32.1. The first-order chi connectivity index (χ1) is 11.1. The van der Waals surface area contributed by atoms with Crippen LogP contribution in [0, 0.1) is 5.92 Å². The summed E-state index contributed by atoms with van der Waals surface area (Å²) in [5, 5.41) is 6.16. The van der Waals surface area contributed by atoms with E-state index in [2.05, 4.69) is 30.2 Å². The number of benzene rings is 1. The van der Waals surface area contributed by atoms with E-state index in [9.17, 15) is 4.79 Å². The minimum atomic E-state index is -0.0905. The van der Waals surface area contributed by atoms with E-state index in [1.54, 1.807) is 18.4 Å². The first kappa shape index (κ1) is 15.6. The van der Waals surface area contributed by atoms with Gasteiger partial charge in [0.05, 0.1) is 13.2 Å². The molecular weight excluding hydrogens is 308 g/mol. The van der Waals surface area contributed by atoms with Crippen molar-refractivity contribution >= 4 is 28.1 Å². The van der Waals surface area contributed by atoms with Crippen molar-refractivity contribution in [3.8, 4) is 5.75 Å². The summed E-state index contributed by atoms with van der Waals surface area (Å²) >= 11 is 1.67. The minimum Gasteiger partial charge on any atom is -0.497 e. The number of carbonyl (C=O) groups is 1. The normalized spacial score (nSPS) is 12.5. The van der Waals surface area contributed by atoms with Gasteiger partial charge in [0.1, 0.15) is 11.4 Å². The van der Waals surface area contributed by atoms with Crippen LogP contribution in [-0.2, 0) is 0 Å². The number of H-pyrrole nitrogens is 1. The van der Waals surface area contributed by atoms with E-state index in [1.807, 2.05) is 35.7 Å². The smallest absolute Gasteiger partial charge is 0.268 e. The molecule has 0 aliphatic rings. The first-order valence-electron chi connectivity index (χ1n) is 7.59. The largest absolute Gasteiger partial charge is 0.497 e. The van der Waals surface area contributed by atoms with E-state index >= 15 is 0 Å². The van der Waals surface area contributed by atoms with Gasteiger partial charge >= 0.3 is 0 Å². The summed E-state index contributed by atoms with van der Waals surface area (Å²) in [6.07, 6.45) is 0. The topological polar surface area (TPSA) is 54.1 Å². The third-order valence-corrected chi connectivity index (χ3v) is 4.83. The molecule has 0 aliphatic heterocycles. The monoisotopic (exact) mass is 328 g/mol. The molecule has 1 aromatic carbocycles. The van der Waals surface area contributed by atoms with Gasteiger partial charge in [-0.3, -0.25) is 4.79 Å². The van der Waals surface area contributed by atoms with Gasteiger partial charge in [0, 0.05) is 21.8 Å². The van der Waals surface area contributed by atoms with E-state index in [4.69, 9.17) is 4.74 Å². The number of fused-ring (bicyclic) bond motifs is 1. The van der Waals surface area contributed by atoms with Crippen LogP contribution in [0.2, 0.25) is 0 Å². The number of thiophene rings is 1. The lowest BCUT2D eigenvalue weighted by Gasteiger charge is -2.20. The molecule has 2 heterocycles. The highest BCUT2D eigenvalue weighted by molar-refractivity contribution is 7.10. The van der Waals surface area contributed by atoms with E-state index in [0.29, 0.717) is 11.6 Å². The predicted molar refractivity (Wildman–Crippen MR) is 94.2 cm³/mol. The van der Waals surface area contributed by atoms with Crippen molar-refractivity contribution in [3.05, 3.63) is 52.3 Å². The Bertz CT molecular complexity index is 806. The molecule has 0 bridgehead atoms. The Kier molecular flexibility index (Phi) is 4.39. The molecule has 0 radical (unpaired) electrons. The molecule has 23 heavy (non-hydrogen) atoms. The number of rotatable bonds is 5. The van der Waals surface area contributed by atoms with Gasteiger partial charge < -0.3 is 15.0 Å². The molecule has 3 rings (SSSR count). The Hall–Kier alpha value is -2.27. The number of hydrogen-bond donors (Lipinski definition) is 2. The molecule has 3 aromatic rings. The molecule has 0 saturated heterocycles. The van der Waals surface area contributed by atoms with Gasteiger partial charge in [-0.2, -0.15) is 0 Å². The molecule has 0 spiro atoms. The zero-order valence-corrected chi connectivity index (χ0v) is 14.2. The van der Waals surface area contributed by atoms with Crippen molar-refractivity contribution < 1.29 is 9.53 Å². The van der Waals surface area contributed by atoms with Crippen LogP contribution >= 0.6 is 11.3 Å². The molecule has 1 unspecified atom stereocenters. The van der Waals surface area contributed by atoms with Crippen molar-refractivity contribution in [3.63, 3.8) is 0 Å². The molecule has 5 heteroatoms. The maximum Gasteiger partial charge on any atom is 0.268 e. The zero-order valence-electron chi connectivity index (χ0n) is 13.4. The van der Waals surface area contributed by atoms with Gasteiger partial charge in [0.2, 0.25) is 0 Å². The number of amides is 1. The maximum absolute atomic E-state index is 12.6. The van der Waals surface area contributed by atoms with E-state index in [0.717, 1.165) is 16.7 Å². The van der Waals surface area contributed by atoms with E-state index < -0.39 is 0 Å². The van der Waals surface area contributed by atoms with Gasteiger partial charge in [-0.15, -0.1) is 11.3 Å². The third kappa shape index (κ3) is 3.24. The van der Waals surface area contributed by atoms with Crippen molar-refractivity contribution in [1.29, 1.82) is 0 Å². The zero-order chi connectivity index (χ0) is 16.4. The fraction of sp³-hybridized carbons (Fsp3) is 0.278. The van der Waals surface area contributed by atoms with Crippen molar-refractivity contribution in [1.82, 2.24) is 10.3 Å². The summed E-state index contributed by atoms with van der Waals surface area (Å²) in [7, 11) is 1.63. The van der Waals surface area contributed by atoms with E-state index in [1.165, 1.54) is 4.88 Å². The summed E-state index contributed by atoms with van der Waals surface area (Å²) in [5.41, 5.74) is 1.46. The second kappa shape index (κ2) is 6.46. The minimum absolute atomic E-state index is 0.0171. The van der Waals surface area contributed by atoms with Crippen LogP contribution in [0.15, 0.2) is 41.8 Å². The number of aromatic nitrogens is 1. The van der Waals surface area contributed by atoms with Crippen LogP contribution in [-0.4, -0.2) is 18.0 Å². The second-order valence-corrected chi connectivity index (χ2v) is 6.83. The lowest BCUT2D eigenvalue weighted by atomic mass is 10.0. The van der Waals surface area contributed by atoms with Crippen LogP contribution in [0.25, 0.3) is 10.9 Å². The third-order valence-electron chi connectivity index (χ3n) is 3.88. The molecule has 1 amide bonds. The average Bonchev–Trinajstić information content (AvgIpc) is 3.20. The summed E-state index contributed by atoms with van der Waals surface area (Å²) in [5.74, 6) is 0.999. The summed E-state index contributed by atoms with van der Waals surface area (Å²) in [4.78, 5) is 17.0. The van der Waals surface area contributed by atoms with Crippen LogP contribution in [0.4, 0.5) is 0 Å². The standard InChI is InChI=1S/C18H20N2O2S/c1-11(2)17(16-5-4-8-23-16)20-18(21)15-9-12-6-7-13(22-3)10-14(12)19-15/h4-11,17,19H,1-3H3,(H,20,21). The molecule has 120 valence electrons. The molecule has 2 N–H and O–H groups in total.